The fourth-order valence-electron chi connectivity index (χ4n) is 2.29. The Kier molecular flexibility index (Phi) is 4.30. The van der Waals surface area contributed by atoms with Crippen molar-refractivity contribution in [2.24, 2.45) is 5.84 Å². The maximum atomic E-state index is 13.7. The Morgan fingerprint density at radius 1 is 1.11 bits per heavy atom. The summed E-state index contributed by atoms with van der Waals surface area (Å²) in [6, 6.07) is 12.8. The lowest BCUT2D eigenvalue weighted by molar-refractivity contribution is 0.527. The zero-order valence-electron chi connectivity index (χ0n) is 11.3. The molecule has 0 saturated heterocycles. The second kappa shape index (κ2) is 5.95. The summed E-state index contributed by atoms with van der Waals surface area (Å²) in [6.07, 6.45) is 0.535. The molecule has 2 aromatic rings. The number of nitrogens with one attached hydrogen (secondary N) is 1. The molecule has 0 aliphatic rings. The van der Waals surface area contributed by atoms with Gasteiger partial charge in [-0.15, -0.1) is 0 Å². The summed E-state index contributed by atoms with van der Waals surface area (Å²) in [4.78, 5) is 0. The van der Waals surface area contributed by atoms with Gasteiger partial charge < -0.3 is 0 Å². The topological polar surface area (TPSA) is 38.0 Å². The Labute approximate surface area is 113 Å². The van der Waals surface area contributed by atoms with Crippen molar-refractivity contribution in [3.8, 4) is 0 Å². The van der Waals surface area contributed by atoms with E-state index in [0.717, 1.165) is 5.56 Å². The monoisotopic (exact) mass is 258 g/mol. The summed E-state index contributed by atoms with van der Waals surface area (Å²) >= 11 is 0. The molecule has 0 aromatic heterocycles. The van der Waals surface area contributed by atoms with Gasteiger partial charge in [-0.05, 0) is 48.6 Å². The van der Waals surface area contributed by atoms with Crippen molar-refractivity contribution >= 4 is 0 Å². The third-order valence-electron chi connectivity index (χ3n) is 3.61. The lowest BCUT2D eigenvalue weighted by atomic mass is 9.93. The molecule has 0 radical (unpaired) electrons. The van der Waals surface area contributed by atoms with Crippen LogP contribution >= 0.6 is 0 Å². The van der Waals surface area contributed by atoms with Gasteiger partial charge in [0.1, 0.15) is 5.82 Å². The van der Waals surface area contributed by atoms with Gasteiger partial charge in [-0.3, -0.25) is 11.3 Å². The number of benzene rings is 2. The molecular weight excluding hydrogens is 239 g/mol. The minimum absolute atomic E-state index is 0.0863. The highest BCUT2D eigenvalue weighted by Gasteiger charge is 2.15. The first kappa shape index (κ1) is 13.7. The van der Waals surface area contributed by atoms with Crippen molar-refractivity contribution < 1.29 is 4.39 Å². The van der Waals surface area contributed by atoms with Crippen LogP contribution in [0.4, 0.5) is 4.39 Å². The second-order valence-electron chi connectivity index (χ2n) is 4.80. The third kappa shape index (κ3) is 3.00. The summed E-state index contributed by atoms with van der Waals surface area (Å²) in [5, 5.41) is 0. The van der Waals surface area contributed by atoms with E-state index in [2.05, 4.69) is 25.3 Å². The van der Waals surface area contributed by atoms with Crippen molar-refractivity contribution in [1.82, 2.24) is 5.43 Å². The fourth-order valence-corrected chi connectivity index (χ4v) is 2.29. The predicted octanol–water partition coefficient (Wildman–Crippen LogP) is 3.19. The fraction of sp³-hybridized carbons (Fsp3) is 0.250. The molecule has 2 nitrogen and oxygen atoms in total. The normalized spacial score (nSPS) is 12.4. The number of nitrogens with two attached hydrogens (primary N) is 1. The van der Waals surface area contributed by atoms with E-state index in [0.29, 0.717) is 12.0 Å². The average Bonchev–Trinajstić information content (AvgIpc) is 2.41. The number of hydrogen-bond acceptors (Lipinski definition) is 2. The minimum atomic E-state index is -0.187. The van der Waals surface area contributed by atoms with Gasteiger partial charge in [0, 0.05) is 0 Å². The van der Waals surface area contributed by atoms with Crippen LogP contribution in [0.15, 0.2) is 42.5 Å². The minimum Gasteiger partial charge on any atom is -0.271 e. The van der Waals surface area contributed by atoms with Crippen molar-refractivity contribution in [3.05, 3.63) is 70.5 Å². The molecule has 0 aliphatic heterocycles. The largest absolute Gasteiger partial charge is 0.271 e. The van der Waals surface area contributed by atoms with Crippen LogP contribution in [0.5, 0.6) is 0 Å². The summed E-state index contributed by atoms with van der Waals surface area (Å²) in [5.74, 6) is 5.46. The molecule has 0 aliphatic carbocycles. The van der Waals surface area contributed by atoms with E-state index in [1.165, 1.54) is 17.2 Å². The van der Waals surface area contributed by atoms with E-state index in [1.54, 1.807) is 12.1 Å². The van der Waals surface area contributed by atoms with Crippen LogP contribution in [0.25, 0.3) is 0 Å². The average molecular weight is 258 g/mol. The number of halogens is 1. The van der Waals surface area contributed by atoms with Gasteiger partial charge in [0.15, 0.2) is 0 Å². The van der Waals surface area contributed by atoms with E-state index in [9.17, 15) is 4.39 Å². The molecule has 2 aromatic carbocycles. The van der Waals surface area contributed by atoms with E-state index in [1.807, 2.05) is 18.2 Å². The highest BCUT2D eigenvalue weighted by Crippen LogP contribution is 2.24. The molecular formula is C16H19FN2. The first-order chi connectivity index (χ1) is 9.13. The summed E-state index contributed by atoms with van der Waals surface area (Å²) in [6.45, 7) is 4.13. The third-order valence-corrected chi connectivity index (χ3v) is 3.61. The number of hydrazine groups is 1. The number of rotatable bonds is 4. The Morgan fingerprint density at radius 2 is 1.84 bits per heavy atom. The van der Waals surface area contributed by atoms with E-state index in [4.69, 9.17) is 5.84 Å². The Bertz CT molecular complexity index is 566. The van der Waals surface area contributed by atoms with Gasteiger partial charge in [-0.2, -0.15) is 0 Å². The molecule has 0 spiro atoms. The highest BCUT2D eigenvalue weighted by atomic mass is 19.1. The molecule has 2 rings (SSSR count). The van der Waals surface area contributed by atoms with E-state index in [-0.39, 0.29) is 11.9 Å². The zero-order valence-corrected chi connectivity index (χ0v) is 11.3. The molecule has 3 N–H and O–H groups in total. The van der Waals surface area contributed by atoms with Gasteiger partial charge in [0.2, 0.25) is 0 Å². The SMILES string of the molecule is Cc1cccc(C(Cc2ccccc2F)NN)c1C. The molecule has 0 amide bonds. The molecule has 0 fully saturated rings. The Morgan fingerprint density at radius 3 is 2.53 bits per heavy atom. The van der Waals surface area contributed by atoms with Gasteiger partial charge in [-0.1, -0.05) is 36.4 Å². The lowest BCUT2D eigenvalue weighted by Crippen LogP contribution is -2.30. The predicted molar refractivity (Wildman–Crippen MR) is 76.1 cm³/mol. The Balaban J connectivity index is 2.31. The maximum absolute atomic E-state index is 13.7. The van der Waals surface area contributed by atoms with Crippen LogP contribution in [-0.4, -0.2) is 0 Å². The van der Waals surface area contributed by atoms with Gasteiger partial charge in [-0.25, -0.2) is 4.39 Å². The van der Waals surface area contributed by atoms with E-state index < -0.39 is 0 Å². The van der Waals surface area contributed by atoms with Crippen LogP contribution < -0.4 is 11.3 Å². The highest BCUT2D eigenvalue weighted by molar-refractivity contribution is 5.36. The summed E-state index contributed by atoms with van der Waals surface area (Å²) in [7, 11) is 0. The standard InChI is InChI=1S/C16H19FN2/c1-11-6-5-8-14(12(11)2)16(19-18)10-13-7-3-4-9-15(13)17/h3-9,16,19H,10,18H2,1-2H3. The lowest BCUT2D eigenvalue weighted by Gasteiger charge is -2.20. The molecule has 100 valence electrons. The van der Waals surface area contributed by atoms with Crippen LogP contribution in [0.2, 0.25) is 0 Å². The zero-order chi connectivity index (χ0) is 13.8. The summed E-state index contributed by atoms with van der Waals surface area (Å²) in [5.41, 5.74) is 6.99. The van der Waals surface area contributed by atoms with Crippen molar-refractivity contribution in [3.63, 3.8) is 0 Å². The molecule has 0 heterocycles. The first-order valence-corrected chi connectivity index (χ1v) is 6.39. The van der Waals surface area contributed by atoms with Gasteiger partial charge in [0.25, 0.3) is 0 Å². The van der Waals surface area contributed by atoms with Crippen LogP contribution in [0.3, 0.4) is 0 Å². The number of aryl methyl sites for hydroxylation is 1. The Hall–Kier alpha value is -1.71. The molecule has 1 unspecified atom stereocenters. The molecule has 19 heavy (non-hydrogen) atoms. The quantitative estimate of drug-likeness (QED) is 0.653. The van der Waals surface area contributed by atoms with Gasteiger partial charge in [0.05, 0.1) is 6.04 Å². The number of hydrogen-bond donors (Lipinski definition) is 2. The van der Waals surface area contributed by atoms with Crippen LogP contribution in [-0.2, 0) is 6.42 Å². The molecule has 0 bridgehead atoms. The first-order valence-electron chi connectivity index (χ1n) is 6.39. The maximum Gasteiger partial charge on any atom is 0.126 e. The summed E-state index contributed by atoms with van der Waals surface area (Å²) < 4.78 is 13.7. The molecule has 1 atom stereocenters. The van der Waals surface area contributed by atoms with E-state index >= 15 is 0 Å². The second-order valence-corrected chi connectivity index (χ2v) is 4.80. The molecule has 0 saturated carbocycles. The van der Waals surface area contributed by atoms with Gasteiger partial charge >= 0.3 is 0 Å². The van der Waals surface area contributed by atoms with Crippen molar-refractivity contribution in [2.75, 3.05) is 0 Å². The van der Waals surface area contributed by atoms with Crippen LogP contribution in [0.1, 0.15) is 28.3 Å². The van der Waals surface area contributed by atoms with Crippen LogP contribution in [0, 0.1) is 19.7 Å². The van der Waals surface area contributed by atoms with Crippen molar-refractivity contribution in [1.29, 1.82) is 0 Å². The molecule has 3 heteroatoms. The van der Waals surface area contributed by atoms with Crippen molar-refractivity contribution in [2.45, 2.75) is 26.3 Å². The smallest absolute Gasteiger partial charge is 0.126 e.